The zero-order valence-corrected chi connectivity index (χ0v) is 11.1. The SMILES string of the molecule is CC(=O)c1ccc(OC2CCCC(C)C2)cc1N. The number of nitrogen functional groups attached to an aromatic ring is 1. The number of anilines is 1. The van der Waals surface area contributed by atoms with Crippen molar-refractivity contribution >= 4 is 11.5 Å². The molecule has 18 heavy (non-hydrogen) atoms. The van der Waals surface area contributed by atoms with E-state index in [4.69, 9.17) is 10.5 Å². The fraction of sp³-hybridized carbons (Fsp3) is 0.533. The fourth-order valence-corrected chi connectivity index (χ4v) is 2.61. The van der Waals surface area contributed by atoms with Crippen molar-refractivity contribution in [2.45, 2.75) is 45.6 Å². The first-order valence-electron chi connectivity index (χ1n) is 6.63. The lowest BCUT2D eigenvalue weighted by atomic mass is 9.89. The first-order valence-corrected chi connectivity index (χ1v) is 6.63. The van der Waals surface area contributed by atoms with E-state index < -0.39 is 0 Å². The second kappa shape index (κ2) is 5.42. The number of hydrogen-bond donors (Lipinski definition) is 1. The molecule has 2 unspecified atom stereocenters. The van der Waals surface area contributed by atoms with Gasteiger partial charge in [-0.05, 0) is 44.2 Å². The van der Waals surface area contributed by atoms with Gasteiger partial charge in [-0.2, -0.15) is 0 Å². The van der Waals surface area contributed by atoms with Crippen LogP contribution in [0.3, 0.4) is 0 Å². The molecule has 98 valence electrons. The van der Waals surface area contributed by atoms with E-state index in [2.05, 4.69) is 6.92 Å². The fourth-order valence-electron chi connectivity index (χ4n) is 2.61. The third-order valence-electron chi connectivity index (χ3n) is 3.59. The molecule has 2 N–H and O–H groups in total. The smallest absolute Gasteiger partial charge is 0.161 e. The van der Waals surface area contributed by atoms with Crippen LogP contribution in [0.25, 0.3) is 0 Å². The average Bonchev–Trinajstić information content (AvgIpc) is 2.28. The molecule has 0 saturated heterocycles. The summed E-state index contributed by atoms with van der Waals surface area (Å²) < 4.78 is 5.95. The Balaban J connectivity index is 2.05. The highest BCUT2D eigenvalue weighted by Gasteiger charge is 2.20. The van der Waals surface area contributed by atoms with E-state index >= 15 is 0 Å². The third-order valence-corrected chi connectivity index (χ3v) is 3.59. The third kappa shape index (κ3) is 3.03. The maximum absolute atomic E-state index is 11.3. The van der Waals surface area contributed by atoms with Gasteiger partial charge in [-0.3, -0.25) is 4.79 Å². The number of Topliss-reactive ketones (excluding diaryl/α,β-unsaturated/α-hetero) is 1. The first-order chi connectivity index (χ1) is 8.56. The molecule has 3 heteroatoms. The molecule has 2 atom stereocenters. The van der Waals surface area contributed by atoms with Crippen molar-refractivity contribution in [3.05, 3.63) is 23.8 Å². The van der Waals surface area contributed by atoms with Crippen LogP contribution in [0.1, 0.15) is 49.9 Å². The second-order valence-corrected chi connectivity index (χ2v) is 5.32. The summed E-state index contributed by atoms with van der Waals surface area (Å²) in [7, 11) is 0. The number of benzene rings is 1. The number of carbonyl (C=O) groups excluding carboxylic acids is 1. The minimum absolute atomic E-state index is 0.00895. The van der Waals surface area contributed by atoms with Gasteiger partial charge < -0.3 is 10.5 Å². The van der Waals surface area contributed by atoms with Crippen LogP contribution in [0.4, 0.5) is 5.69 Å². The van der Waals surface area contributed by atoms with Crippen molar-refractivity contribution in [1.82, 2.24) is 0 Å². The summed E-state index contributed by atoms with van der Waals surface area (Å²) in [5.41, 5.74) is 6.93. The molecule has 0 spiro atoms. The molecular formula is C15H21NO2. The molecular weight excluding hydrogens is 226 g/mol. The van der Waals surface area contributed by atoms with Crippen LogP contribution in [0.5, 0.6) is 5.75 Å². The summed E-state index contributed by atoms with van der Waals surface area (Å²) >= 11 is 0. The van der Waals surface area contributed by atoms with Crippen molar-refractivity contribution in [2.24, 2.45) is 5.92 Å². The lowest BCUT2D eigenvalue weighted by molar-refractivity contribution is 0.101. The molecule has 1 aliphatic rings. The van der Waals surface area contributed by atoms with Crippen molar-refractivity contribution in [3.8, 4) is 5.75 Å². The van der Waals surface area contributed by atoms with E-state index in [1.807, 2.05) is 6.07 Å². The van der Waals surface area contributed by atoms with Crippen LogP contribution < -0.4 is 10.5 Å². The van der Waals surface area contributed by atoms with Gasteiger partial charge in [-0.15, -0.1) is 0 Å². The Kier molecular flexibility index (Phi) is 3.90. The second-order valence-electron chi connectivity index (χ2n) is 5.32. The maximum Gasteiger partial charge on any atom is 0.161 e. The Labute approximate surface area is 108 Å². The molecule has 1 aromatic rings. The van der Waals surface area contributed by atoms with E-state index in [-0.39, 0.29) is 11.9 Å². The summed E-state index contributed by atoms with van der Waals surface area (Å²) in [5.74, 6) is 1.50. The van der Waals surface area contributed by atoms with Gasteiger partial charge in [0, 0.05) is 17.3 Å². The molecule has 0 bridgehead atoms. The van der Waals surface area contributed by atoms with Gasteiger partial charge in [0.2, 0.25) is 0 Å². The number of ether oxygens (including phenoxy) is 1. The quantitative estimate of drug-likeness (QED) is 0.657. The standard InChI is InChI=1S/C15H21NO2/c1-10-4-3-5-12(8-10)18-13-6-7-14(11(2)17)15(16)9-13/h6-7,9-10,12H,3-5,8,16H2,1-2H3. The Bertz CT molecular complexity index is 442. The molecule has 3 nitrogen and oxygen atoms in total. The van der Waals surface area contributed by atoms with Gasteiger partial charge in [0.15, 0.2) is 5.78 Å². The molecule has 2 rings (SSSR count). The van der Waals surface area contributed by atoms with Crippen LogP contribution in [-0.2, 0) is 0 Å². The number of rotatable bonds is 3. The highest BCUT2D eigenvalue weighted by atomic mass is 16.5. The maximum atomic E-state index is 11.3. The van der Waals surface area contributed by atoms with E-state index in [9.17, 15) is 4.79 Å². The number of carbonyl (C=O) groups is 1. The van der Waals surface area contributed by atoms with Gasteiger partial charge in [0.1, 0.15) is 5.75 Å². The van der Waals surface area contributed by atoms with Crippen LogP contribution in [0, 0.1) is 5.92 Å². The molecule has 1 fully saturated rings. The number of hydrogen-bond acceptors (Lipinski definition) is 3. The summed E-state index contributed by atoms with van der Waals surface area (Å²) in [6.07, 6.45) is 5.03. The summed E-state index contributed by atoms with van der Waals surface area (Å²) in [6, 6.07) is 5.35. The zero-order valence-electron chi connectivity index (χ0n) is 11.1. The van der Waals surface area contributed by atoms with Gasteiger partial charge in [-0.25, -0.2) is 0 Å². The normalized spacial score (nSPS) is 23.7. The molecule has 1 aliphatic carbocycles. The van der Waals surface area contributed by atoms with Crippen molar-refractivity contribution < 1.29 is 9.53 Å². The molecule has 0 aliphatic heterocycles. The Morgan fingerprint density at radius 2 is 2.17 bits per heavy atom. The van der Waals surface area contributed by atoms with Crippen molar-refractivity contribution in [2.75, 3.05) is 5.73 Å². The van der Waals surface area contributed by atoms with E-state index in [0.29, 0.717) is 11.3 Å². The lowest BCUT2D eigenvalue weighted by Crippen LogP contribution is -2.24. The predicted molar refractivity (Wildman–Crippen MR) is 72.9 cm³/mol. The topological polar surface area (TPSA) is 52.3 Å². The van der Waals surface area contributed by atoms with Gasteiger partial charge in [0.25, 0.3) is 0 Å². The minimum atomic E-state index is -0.00895. The van der Waals surface area contributed by atoms with Crippen molar-refractivity contribution in [3.63, 3.8) is 0 Å². The number of ketones is 1. The van der Waals surface area contributed by atoms with Crippen LogP contribution in [0.15, 0.2) is 18.2 Å². The molecule has 0 radical (unpaired) electrons. The summed E-state index contributed by atoms with van der Waals surface area (Å²) in [5, 5.41) is 0. The van der Waals surface area contributed by atoms with Gasteiger partial charge in [-0.1, -0.05) is 13.3 Å². The van der Waals surface area contributed by atoms with Crippen LogP contribution >= 0.6 is 0 Å². The molecule has 0 aromatic heterocycles. The average molecular weight is 247 g/mol. The molecule has 1 saturated carbocycles. The summed E-state index contributed by atoms with van der Waals surface area (Å²) in [4.78, 5) is 11.3. The molecule has 1 aromatic carbocycles. The largest absolute Gasteiger partial charge is 0.490 e. The predicted octanol–water partition coefficient (Wildman–Crippen LogP) is 3.43. The minimum Gasteiger partial charge on any atom is -0.490 e. The van der Waals surface area contributed by atoms with Gasteiger partial charge in [0.05, 0.1) is 6.10 Å². The zero-order chi connectivity index (χ0) is 13.1. The lowest BCUT2D eigenvalue weighted by Gasteiger charge is -2.27. The first kappa shape index (κ1) is 12.9. The highest BCUT2D eigenvalue weighted by Crippen LogP contribution is 2.28. The Morgan fingerprint density at radius 1 is 1.39 bits per heavy atom. The molecule has 0 amide bonds. The Morgan fingerprint density at radius 3 is 2.78 bits per heavy atom. The van der Waals surface area contributed by atoms with E-state index in [1.54, 1.807) is 12.1 Å². The van der Waals surface area contributed by atoms with E-state index in [0.717, 1.165) is 24.5 Å². The Hall–Kier alpha value is -1.51. The molecule has 0 heterocycles. The number of nitrogens with two attached hydrogens (primary N) is 1. The van der Waals surface area contributed by atoms with Crippen LogP contribution in [0.2, 0.25) is 0 Å². The highest BCUT2D eigenvalue weighted by molar-refractivity contribution is 5.99. The van der Waals surface area contributed by atoms with Gasteiger partial charge >= 0.3 is 0 Å². The van der Waals surface area contributed by atoms with E-state index in [1.165, 1.54) is 19.8 Å². The van der Waals surface area contributed by atoms with Crippen molar-refractivity contribution in [1.29, 1.82) is 0 Å². The van der Waals surface area contributed by atoms with Crippen LogP contribution in [-0.4, -0.2) is 11.9 Å². The summed E-state index contributed by atoms with van der Waals surface area (Å²) in [6.45, 7) is 3.79. The monoisotopic (exact) mass is 247 g/mol.